The van der Waals surface area contributed by atoms with Crippen LogP contribution >= 0.6 is 0 Å². The summed E-state index contributed by atoms with van der Waals surface area (Å²) < 4.78 is 6.67. The van der Waals surface area contributed by atoms with Gasteiger partial charge in [-0.3, -0.25) is 23.7 Å². The molecule has 0 radical (unpaired) electrons. The van der Waals surface area contributed by atoms with Crippen LogP contribution in [0.15, 0.2) is 35.4 Å². The second-order valence-electron chi connectivity index (χ2n) is 7.86. The largest absolute Gasteiger partial charge is 0.378 e. The first-order valence-corrected chi connectivity index (χ1v) is 10.4. The molecular formula is C21H27N5O4. The second kappa shape index (κ2) is 8.93. The summed E-state index contributed by atoms with van der Waals surface area (Å²) in [6.45, 7) is 2.94. The molecule has 9 nitrogen and oxygen atoms in total. The van der Waals surface area contributed by atoms with Gasteiger partial charge in [-0.2, -0.15) is 0 Å². The Hall–Kier alpha value is -2.78. The molecule has 0 unspecified atom stereocenters. The summed E-state index contributed by atoms with van der Waals surface area (Å²) in [6, 6.07) is 5.53. The van der Waals surface area contributed by atoms with Gasteiger partial charge in [-0.1, -0.05) is 6.07 Å². The second-order valence-corrected chi connectivity index (χ2v) is 7.86. The molecule has 1 N–H and O–H groups in total. The summed E-state index contributed by atoms with van der Waals surface area (Å²) in [5.41, 5.74) is 0.146. The summed E-state index contributed by atoms with van der Waals surface area (Å²) in [7, 11) is 1.99. The van der Waals surface area contributed by atoms with Crippen molar-refractivity contribution in [3.05, 3.63) is 46.5 Å². The number of pyridine rings is 1. The Balaban J connectivity index is 1.33. The molecule has 30 heavy (non-hydrogen) atoms. The van der Waals surface area contributed by atoms with E-state index in [4.69, 9.17) is 4.74 Å². The zero-order valence-electron chi connectivity index (χ0n) is 17.1. The van der Waals surface area contributed by atoms with E-state index in [1.165, 1.54) is 10.6 Å². The van der Waals surface area contributed by atoms with Crippen molar-refractivity contribution in [2.45, 2.75) is 31.3 Å². The number of hydrogen-bond donors (Lipinski definition) is 1. The van der Waals surface area contributed by atoms with E-state index < -0.39 is 5.91 Å². The van der Waals surface area contributed by atoms with Gasteiger partial charge >= 0.3 is 0 Å². The summed E-state index contributed by atoms with van der Waals surface area (Å²) in [4.78, 5) is 45.9. The molecule has 0 bridgehead atoms. The highest BCUT2D eigenvalue weighted by Gasteiger charge is 2.33. The van der Waals surface area contributed by atoms with Gasteiger partial charge in [0.25, 0.3) is 11.5 Å². The van der Waals surface area contributed by atoms with Crippen LogP contribution in [0.2, 0.25) is 0 Å². The topological polar surface area (TPSA) is 96.2 Å². The van der Waals surface area contributed by atoms with Gasteiger partial charge < -0.3 is 15.0 Å². The number of amides is 2. The third-order valence-corrected chi connectivity index (χ3v) is 6.12. The molecule has 2 aromatic heterocycles. The molecule has 2 saturated heterocycles. The Morgan fingerprint density at radius 2 is 1.97 bits per heavy atom. The predicted octanol–water partition coefficient (Wildman–Crippen LogP) is 0.136. The fourth-order valence-electron chi connectivity index (χ4n) is 4.21. The molecule has 160 valence electrons. The third kappa shape index (κ3) is 4.22. The number of hydrogen-bond acceptors (Lipinski definition) is 6. The molecule has 0 spiro atoms. The number of nitrogens with one attached hydrogen (secondary N) is 1. The number of morpholine rings is 1. The first kappa shape index (κ1) is 20.5. The smallest absolute Gasteiger partial charge is 0.270 e. The summed E-state index contributed by atoms with van der Waals surface area (Å²) in [5, 5.41) is 2.87. The Labute approximate surface area is 174 Å². The van der Waals surface area contributed by atoms with Crippen molar-refractivity contribution >= 4 is 17.5 Å². The lowest BCUT2D eigenvalue weighted by Gasteiger charge is -2.30. The molecule has 2 atom stereocenters. The number of carbonyl (C=O) groups is 2. The van der Waals surface area contributed by atoms with Crippen LogP contribution in [0.4, 0.5) is 0 Å². The Morgan fingerprint density at radius 3 is 2.77 bits per heavy atom. The maximum absolute atomic E-state index is 12.6. The maximum atomic E-state index is 12.6. The van der Waals surface area contributed by atoms with Crippen LogP contribution in [0.5, 0.6) is 0 Å². The van der Waals surface area contributed by atoms with E-state index in [9.17, 15) is 14.4 Å². The van der Waals surface area contributed by atoms with Gasteiger partial charge in [-0.25, -0.2) is 4.98 Å². The maximum Gasteiger partial charge on any atom is 0.270 e. The molecule has 9 heteroatoms. The Bertz CT molecular complexity index is 985. The number of fused-ring (bicyclic) bond motifs is 1. The molecule has 4 rings (SSSR count). The number of likely N-dealkylation sites (N-methyl/N-ethyl adjacent to an activating group) is 1. The number of ether oxygens (including phenoxy) is 1. The van der Waals surface area contributed by atoms with Gasteiger partial charge in [0.1, 0.15) is 11.2 Å². The van der Waals surface area contributed by atoms with Crippen LogP contribution in [0.3, 0.4) is 0 Å². The van der Waals surface area contributed by atoms with E-state index in [1.807, 2.05) is 11.9 Å². The molecule has 2 aliphatic heterocycles. The minimum atomic E-state index is -0.424. The minimum absolute atomic E-state index is 0.0263. The molecule has 2 amide bonds. The number of carbonyl (C=O) groups excluding carboxylic acids is 2. The van der Waals surface area contributed by atoms with Crippen molar-refractivity contribution in [2.24, 2.45) is 0 Å². The number of rotatable bonds is 5. The third-order valence-electron chi connectivity index (χ3n) is 6.12. The van der Waals surface area contributed by atoms with Crippen molar-refractivity contribution in [1.29, 1.82) is 0 Å². The fraction of sp³-hybridized carbons (Fsp3) is 0.524. The van der Waals surface area contributed by atoms with Crippen LogP contribution in [0.25, 0.3) is 5.65 Å². The molecule has 2 aliphatic rings. The predicted molar refractivity (Wildman–Crippen MR) is 110 cm³/mol. The highest BCUT2D eigenvalue weighted by molar-refractivity contribution is 5.93. The summed E-state index contributed by atoms with van der Waals surface area (Å²) in [5.74, 6) is -0.262. The minimum Gasteiger partial charge on any atom is -0.378 e. The zero-order chi connectivity index (χ0) is 21.1. The van der Waals surface area contributed by atoms with Gasteiger partial charge in [0.15, 0.2) is 0 Å². The van der Waals surface area contributed by atoms with Gasteiger partial charge in [0.2, 0.25) is 5.91 Å². The quantitative estimate of drug-likeness (QED) is 0.749. The van der Waals surface area contributed by atoms with Crippen LogP contribution in [0.1, 0.15) is 29.6 Å². The lowest BCUT2D eigenvalue weighted by molar-refractivity contribution is -0.136. The summed E-state index contributed by atoms with van der Waals surface area (Å²) >= 11 is 0. The molecule has 0 aliphatic carbocycles. The first-order valence-electron chi connectivity index (χ1n) is 10.4. The SMILES string of the molecule is CN1[C@@H](CC(=O)N2CCOCC2)CC[C@H]1CNC(=O)c1cnc2ccccn2c1=O. The van der Waals surface area contributed by atoms with Gasteiger partial charge in [0, 0.05) is 50.5 Å². The lowest BCUT2D eigenvalue weighted by atomic mass is 10.1. The molecule has 4 heterocycles. The van der Waals surface area contributed by atoms with Crippen LogP contribution in [-0.2, 0) is 9.53 Å². The first-order chi connectivity index (χ1) is 14.5. The standard InChI is InChI=1S/C21H27N5O4/c1-24-15(12-19(27)25-8-10-30-11-9-25)5-6-16(24)13-23-20(28)17-14-22-18-4-2-3-7-26(18)21(17)29/h2-4,7,14-16H,5-6,8-13H2,1H3,(H,23,28)/t15-,16+/m1/s1. The molecule has 0 aromatic carbocycles. The van der Waals surface area contributed by atoms with Crippen LogP contribution in [0, 0.1) is 0 Å². The summed E-state index contributed by atoms with van der Waals surface area (Å²) in [6.07, 6.45) is 5.22. The number of likely N-dealkylation sites (tertiary alicyclic amines) is 1. The van der Waals surface area contributed by atoms with E-state index in [0.717, 1.165) is 12.8 Å². The van der Waals surface area contributed by atoms with Crippen molar-refractivity contribution < 1.29 is 14.3 Å². The van der Waals surface area contributed by atoms with Crippen molar-refractivity contribution in [2.75, 3.05) is 39.9 Å². The average molecular weight is 413 g/mol. The van der Waals surface area contributed by atoms with Crippen LogP contribution in [-0.4, -0.2) is 83.0 Å². The molecule has 2 fully saturated rings. The van der Waals surface area contributed by atoms with E-state index in [-0.39, 0.29) is 29.1 Å². The van der Waals surface area contributed by atoms with Crippen molar-refractivity contribution in [1.82, 2.24) is 24.5 Å². The molecule has 2 aromatic rings. The number of nitrogens with zero attached hydrogens (tertiary/aromatic N) is 4. The van der Waals surface area contributed by atoms with E-state index >= 15 is 0 Å². The lowest BCUT2D eigenvalue weighted by Crippen LogP contribution is -2.45. The normalized spacial score (nSPS) is 22.4. The number of aromatic nitrogens is 2. The van der Waals surface area contributed by atoms with E-state index in [0.29, 0.717) is 44.9 Å². The van der Waals surface area contributed by atoms with Crippen molar-refractivity contribution in [3.8, 4) is 0 Å². The monoisotopic (exact) mass is 413 g/mol. The van der Waals surface area contributed by atoms with Gasteiger partial charge in [-0.15, -0.1) is 0 Å². The van der Waals surface area contributed by atoms with E-state index in [2.05, 4.69) is 15.2 Å². The van der Waals surface area contributed by atoms with Gasteiger partial charge in [0.05, 0.1) is 13.2 Å². The Kier molecular flexibility index (Phi) is 6.10. The molecule has 0 saturated carbocycles. The highest BCUT2D eigenvalue weighted by Crippen LogP contribution is 2.25. The fourth-order valence-corrected chi connectivity index (χ4v) is 4.21. The van der Waals surface area contributed by atoms with Crippen molar-refractivity contribution in [3.63, 3.8) is 0 Å². The van der Waals surface area contributed by atoms with E-state index in [1.54, 1.807) is 24.4 Å². The van der Waals surface area contributed by atoms with Gasteiger partial charge in [-0.05, 0) is 32.0 Å². The average Bonchev–Trinajstić information content (AvgIpc) is 3.12. The Morgan fingerprint density at radius 1 is 1.20 bits per heavy atom. The zero-order valence-corrected chi connectivity index (χ0v) is 17.1. The van der Waals surface area contributed by atoms with Crippen LogP contribution < -0.4 is 10.9 Å². The highest BCUT2D eigenvalue weighted by atomic mass is 16.5. The molecular weight excluding hydrogens is 386 g/mol.